The molecule has 0 saturated carbocycles. The number of carbonyl (C=O) groups is 1. The Morgan fingerprint density at radius 1 is 1.06 bits per heavy atom. The second-order valence-electron chi connectivity index (χ2n) is 7.14. The molecule has 3 aromatic carbocycles. The molecule has 1 unspecified atom stereocenters. The normalized spacial score (nSPS) is 12.1. The molecular weight excluding hydrogens is 410 g/mol. The van der Waals surface area contributed by atoms with Crippen LogP contribution in [0.2, 0.25) is 0 Å². The third kappa shape index (κ3) is 3.60. The number of fused-ring (bicyclic) bond motifs is 3. The second kappa shape index (κ2) is 8.03. The van der Waals surface area contributed by atoms with Crippen LogP contribution in [-0.2, 0) is 4.79 Å². The number of benzene rings is 3. The molecule has 1 atom stereocenters. The lowest BCUT2D eigenvalue weighted by Gasteiger charge is -2.16. The highest BCUT2D eigenvalue weighted by molar-refractivity contribution is 6.08. The van der Waals surface area contributed by atoms with Crippen molar-refractivity contribution in [1.82, 2.24) is 20.2 Å². The molecule has 0 bridgehead atoms. The molecule has 2 heterocycles. The smallest absolute Gasteiger partial charge is 0.265 e. The van der Waals surface area contributed by atoms with Gasteiger partial charge in [-0.2, -0.15) is 0 Å². The van der Waals surface area contributed by atoms with Crippen molar-refractivity contribution in [1.29, 1.82) is 0 Å². The van der Waals surface area contributed by atoms with Gasteiger partial charge in [-0.3, -0.25) is 4.79 Å². The molecule has 0 aliphatic heterocycles. The summed E-state index contributed by atoms with van der Waals surface area (Å²) in [5.41, 5.74) is 2.72. The fourth-order valence-electron chi connectivity index (χ4n) is 3.47. The van der Waals surface area contributed by atoms with Gasteiger partial charge in [0.25, 0.3) is 5.91 Å². The van der Waals surface area contributed by atoms with Gasteiger partial charge in [0.05, 0.1) is 18.5 Å². The maximum atomic E-state index is 12.8. The summed E-state index contributed by atoms with van der Waals surface area (Å²) in [5.74, 6) is 0.767. The van der Waals surface area contributed by atoms with E-state index in [-0.39, 0.29) is 5.91 Å². The van der Waals surface area contributed by atoms with E-state index in [2.05, 4.69) is 20.8 Å². The lowest BCUT2D eigenvalue weighted by atomic mass is 10.1. The first-order valence-corrected chi connectivity index (χ1v) is 9.92. The first kappa shape index (κ1) is 19.6. The number of nitrogens with one attached hydrogen (secondary N) is 1. The Hall–Kier alpha value is -4.40. The predicted molar refractivity (Wildman–Crippen MR) is 118 cm³/mol. The van der Waals surface area contributed by atoms with Gasteiger partial charge in [-0.15, -0.1) is 5.10 Å². The average molecular weight is 429 g/mol. The summed E-state index contributed by atoms with van der Waals surface area (Å²) in [6.45, 7) is 1.68. The van der Waals surface area contributed by atoms with Crippen LogP contribution >= 0.6 is 0 Å². The van der Waals surface area contributed by atoms with Crippen molar-refractivity contribution in [2.75, 3.05) is 12.4 Å². The number of nitrogens with zero attached hydrogens (tertiary/aromatic N) is 4. The van der Waals surface area contributed by atoms with E-state index in [1.807, 2.05) is 30.3 Å². The third-order valence-electron chi connectivity index (χ3n) is 5.09. The Labute approximate surface area is 182 Å². The van der Waals surface area contributed by atoms with Crippen molar-refractivity contribution in [2.45, 2.75) is 13.0 Å². The standard InChI is InChI=1S/C23H19N5O4/c1-14(31-16-9-7-15(8-10-16)28-13-24-26-27-28)23(29)25-19-12-21-18(11-22(19)30-2)17-5-3-4-6-20(17)32-21/h3-14H,1-2H3,(H,25,29). The quantitative estimate of drug-likeness (QED) is 0.435. The van der Waals surface area contributed by atoms with Crippen molar-refractivity contribution < 1.29 is 18.7 Å². The van der Waals surface area contributed by atoms with E-state index in [0.29, 0.717) is 22.8 Å². The van der Waals surface area contributed by atoms with Gasteiger partial charge in [0, 0.05) is 16.8 Å². The fourth-order valence-corrected chi connectivity index (χ4v) is 3.47. The third-order valence-corrected chi connectivity index (χ3v) is 5.09. The summed E-state index contributed by atoms with van der Waals surface area (Å²) in [4.78, 5) is 12.8. The van der Waals surface area contributed by atoms with E-state index in [0.717, 1.165) is 22.0 Å². The number of methoxy groups -OCH3 is 1. The largest absolute Gasteiger partial charge is 0.495 e. The van der Waals surface area contributed by atoms with Crippen LogP contribution in [0.3, 0.4) is 0 Å². The van der Waals surface area contributed by atoms with Gasteiger partial charge in [-0.05, 0) is 53.7 Å². The SMILES string of the molecule is COc1cc2c(cc1NC(=O)C(C)Oc1ccc(-n3cnnn3)cc1)oc1ccccc12. The molecule has 5 rings (SSSR count). The Morgan fingerprint density at radius 3 is 2.62 bits per heavy atom. The molecule has 0 saturated heterocycles. The van der Waals surface area contributed by atoms with Gasteiger partial charge in [0.2, 0.25) is 0 Å². The molecule has 1 N–H and O–H groups in total. The van der Waals surface area contributed by atoms with Crippen LogP contribution in [0.4, 0.5) is 5.69 Å². The van der Waals surface area contributed by atoms with E-state index in [4.69, 9.17) is 13.9 Å². The topological polar surface area (TPSA) is 104 Å². The maximum absolute atomic E-state index is 12.8. The summed E-state index contributed by atoms with van der Waals surface area (Å²) in [5, 5.41) is 15.8. The highest BCUT2D eigenvalue weighted by Crippen LogP contribution is 2.36. The summed E-state index contributed by atoms with van der Waals surface area (Å²) >= 11 is 0. The van der Waals surface area contributed by atoms with E-state index in [9.17, 15) is 4.79 Å². The Bertz CT molecular complexity index is 1390. The van der Waals surface area contributed by atoms with Crippen molar-refractivity contribution in [3.63, 3.8) is 0 Å². The van der Waals surface area contributed by atoms with Crippen LogP contribution in [0, 0.1) is 0 Å². The first-order chi connectivity index (χ1) is 15.6. The molecule has 1 amide bonds. The lowest BCUT2D eigenvalue weighted by Crippen LogP contribution is -2.30. The molecule has 160 valence electrons. The highest BCUT2D eigenvalue weighted by Gasteiger charge is 2.19. The van der Waals surface area contributed by atoms with E-state index in [1.54, 1.807) is 44.4 Å². The number of tetrazole rings is 1. The fraction of sp³-hybridized carbons (Fsp3) is 0.130. The first-order valence-electron chi connectivity index (χ1n) is 9.92. The van der Waals surface area contributed by atoms with Crippen LogP contribution in [0.1, 0.15) is 6.92 Å². The lowest BCUT2D eigenvalue weighted by molar-refractivity contribution is -0.122. The van der Waals surface area contributed by atoms with E-state index in [1.165, 1.54) is 11.0 Å². The molecule has 0 fully saturated rings. The van der Waals surface area contributed by atoms with Gasteiger partial charge in [-0.25, -0.2) is 4.68 Å². The molecular formula is C23H19N5O4. The number of anilines is 1. The Balaban J connectivity index is 1.34. The Kier molecular flexibility index (Phi) is 4.91. The molecule has 0 spiro atoms. The van der Waals surface area contributed by atoms with Gasteiger partial charge in [0.1, 0.15) is 29.0 Å². The number of aromatic nitrogens is 4. The number of hydrogen-bond donors (Lipinski definition) is 1. The zero-order valence-corrected chi connectivity index (χ0v) is 17.4. The molecule has 5 aromatic rings. The van der Waals surface area contributed by atoms with Crippen LogP contribution in [-0.4, -0.2) is 39.3 Å². The zero-order valence-electron chi connectivity index (χ0n) is 17.4. The number of ether oxygens (including phenoxy) is 2. The summed E-state index contributed by atoms with van der Waals surface area (Å²) in [7, 11) is 1.56. The van der Waals surface area contributed by atoms with Gasteiger partial charge >= 0.3 is 0 Å². The minimum Gasteiger partial charge on any atom is -0.495 e. The van der Waals surface area contributed by atoms with Crippen molar-refractivity contribution >= 4 is 33.5 Å². The number of rotatable bonds is 6. The zero-order chi connectivity index (χ0) is 22.1. The Morgan fingerprint density at radius 2 is 1.88 bits per heavy atom. The molecule has 0 radical (unpaired) electrons. The minimum absolute atomic E-state index is 0.316. The van der Waals surface area contributed by atoms with Gasteiger partial charge in [0.15, 0.2) is 6.10 Å². The molecule has 0 aliphatic rings. The number of hydrogen-bond acceptors (Lipinski definition) is 7. The number of amides is 1. The average Bonchev–Trinajstić information content (AvgIpc) is 3.47. The van der Waals surface area contributed by atoms with E-state index >= 15 is 0 Å². The van der Waals surface area contributed by atoms with Crippen molar-refractivity contribution in [3.8, 4) is 17.2 Å². The van der Waals surface area contributed by atoms with Crippen LogP contribution < -0.4 is 14.8 Å². The monoisotopic (exact) mass is 429 g/mol. The second-order valence-corrected chi connectivity index (χ2v) is 7.14. The number of para-hydroxylation sites is 1. The van der Waals surface area contributed by atoms with Crippen molar-refractivity contribution in [3.05, 3.63) is 67.0 Å². The summed E-state index contributed by atoms with van der Waals surface area (Å²) in [6.07, 6.45) is 0.753. The van der Waals surface area contributed by atoms with Crippen LogP contribution in [0.5, 0.6) is 11.5 Å². The number of furan rings is 1. The summed E-state index contributed by atoms with van der Waals surface area (Å²) in [6, 6.07) is 18.5. The molecule has 0 aliphatic carbocycles. The van der Waals surface area contributed by atoms with E-state index < -0.39 is 6.10 Å². The van der Waals surface area contributed by atoms with Gasteiger partial charge in [-0.1, -0.05) is 18.2 Å². The highest BCUT2D eigenvalue weighted by atomic mass is 16.5. The van der Waals surface area contributed by atoms with Crippen LogP contribution in [0.25, 0.3) is 27.6 Å². The molecule has 32 heavy (non-hydrogen) atoms. The van der Waals surface area contributed by atoms with Gasteiger partial charge < -0.3 is 19.2 Å². The molecule has 9 nitrogen and oxygen atoms in total. The predicted octanol–water partition coefficient (Wildman–Crippen LogP) is 3.98. The maximum Gasteiger partial charge on any atom is 0.265 e. The summed E-state index contributed by atoms with van der Waals surface area (Å²) < 4.78 is 18.7. The van der Waals surface area contributed by atoms with Crippen molar-refractivity contribution in [2.24, 2.45) is 0 Å². The van der Waals surface area contributed by atoms with Crippen LogP contribution in [0.15, 0.2) is 71.4 Å². The molecule has 9 heteroatoms. The molecule has 2 aromatic heterocycles. The minimum atomic E-state index is -0.745. The number of carbonyl (C=O) groups excluding carboxylic acids is 1.